The summed E-state index contributed by atoms with van der Waals surface area (Å²) in [6.45, 7) is 0. The topological polar surface area (TPSA) is 49.9 Å². The average Bonchev–Trinajstić information content (AvgIpc) is 3.60. The minimum absolute atomic E-state index is 0.443. The van der Waals surface area contributed by atoms with Crippen molar-refractivity contribution < 1.29 is 4.42 Å². The molecule has 0 fully saturated rings. The Morgan fingerprint density at radius 2 is 1.04 bits per heavy atom. The Morgan fingerprint density at radius 3 is 1.86 bits per heavy atom. The number of fused-ring (bicyclic) bond motifs is 5. The third-order valence-electron chi connectivity index (χ3n) is 9.96. The summed E-state index contributed by atoms with van der Waals surface area (Å²) in [5.74, 6) is 1.59. The van der Waals surface area contributed by atoms with Crippen LogP contribution in [-0.4, -0.2) is 11.7 Å². The van der Waals surface area contributed by atoms with Crippen molar-refractivity contribution in [3.8, 4) is 22.3 Å². The summed E-state index contributed by atoms with van der Waals surface area (Å²) < 4.78 is 6.26. The number of aliphatic imine (C=N–C) groups is 2. The van der Waals surface area contributed by atoms with E-state index in [-0.39, 0.29) is 0 Å². The zero-order valence-corrected chi connectivity index (χ0v) is 27.6. The molecule has 8 aromatic carbocycles. The minimum Gasteiger partial charge on any atom is -0.456 e. The van der Waals surface area contributed by atoms with Gasteiger partial charge in [0.1, 0.15) is 22.8 Å². The molecule has 4 nitrogen and oxygen atoms in total. The van der Waals surface area contributed by atoms with Crippen molar-refractivity contribution in [3.05, 3.63) is 193 Å². The van der Waals surface area contributed by atoms with Crippen LogP contribution in [0, 0.1) is 0 Å². The summed E-state index contributed by atoms with van der Waals surface area (Å²) in [5.41, 5.74) is 9.51. The van der Waals surface area contributed by atoms with Crippen molar-refractivity contribution in [3.63, 3.8) is 0 Å². The van der Waals surface area contributed by atoms with Crippen LogP contribution < -0.4 is 5.32 Å². The van der Waals surface area contributed by atoms with E-state index < -0.39 is 6.17 Å². The van der Waals surface area contributed by atoms with E-state index >= 15 is 0 Å². The Morgan fingerprint density at radius 1 is 0.412 bits per heavy atom. The first kappa shape index (κ1) is 29.2. The molecular formula is C47H31N3O. The number of nitrogens with one attached hydrogen (secondary N) is 1. The van der Waals surface area contributed by atoms with E-state index in [1.54, 1.807) is 0 Å². The van der Waals surface area contributed by atoms with E-state index in [1.807, 2.05) is 30.3 Å². The molecule has 51 heavy (non-hydrogen) atoms. The van der Waals surface area contributed by atoms with Crippen LogP contribution in [0.5, 0.6) is 0 Å². The molecule has 9 aromatic rings. The summed E-state index contributed by atoms with van der Waals surface area (Å²) >= 11 is 0. The third kappa shape index (κ3) is 5.08. The molecule has 240 valence electrons. The SMILES string of the molecule is c1ccc(C2=NC(c3ccc(-c4cccc5oc6ccccc6c45)c4ccccc34)N=C(c3ccc(-c4ccc5ccccc5c4)cc3)N2)cc1. The zero-order chi connectivity index (χ0) is 33.7. The normalized spacial score (nSPS) is 14.5. The van der Waals surface area contributed by atoms with Crippen molar-refractivity contribution in [2.45, 2.75) is 6.17 Å². The molecule has 4 heteroatoms. The van der Waals surface area contributed by atoms with Gasteiger partial charge in [0.15, 0.2) is 6.17 Å². The highest BCUT2D eigenvalue weighted by Crippen LogP contribution is 2.41. The van der Waals surface area contributed by atoms with Crippen LogP contribution in [0.1, 0.15) is 22.9 Å². The largest absolute Gasteiger partial charge is 0.456 e. The Kier molecular flexibility index (Phi) is 6.85. The molecule has 0 aliphatic carbocycles. The van der Waals surface area contributed by atoms with Crippen LogP contribution in [0.4, 0.5) is 0 Å². The molecule has 2 heterocycles. The molecule has 0 saturated heterocycles. The van der Waals surface area contributed by atoms with Crippen LogP contribution >= 0.6 is 0 Å². The molecule has 1 unspecified atom stereocenters. The van der Waals surface area contributed by atoms with Crippen molar-refractivity contribution >= 4 is 55.2 Å². The molecule has 1 atom stereocenters. The van der Waals surface area contributed by atoms with Gasteiger partial charge in [-0.05, 0) is 62.0 Å². The summed E-state index contributed by atoms with van der Waals surface area (Å²) in [7, 11) is 0. The first-order chi connectivity index (χ1) is 25.3. The van der Waals surface area contributed by atoms with Gasteiger partial charge in [-0.3, -0.25) is 0 Å². The van der Waals surface area contributed by atoms with Crippen molar-refractivity contribution in [1.82, 2.24) is 5.32 Å². The van der Waals surface area contributed by atoms with Crippen molar-refractivity contribution in [2.75, 3.05) is 0 Å². The number of hydrogen-bond donors (Lipinski definition) is 1. The van der Waals surface area contributed by atoms with Gasteiger partial charge in [0.2, 0.25) is 0 Å². The summed E-state index contributed by atoms with van der Waals surface area (Å²) in [4.78, 5) is 10.5. The van der Waals surface area contributed by atoms with E-state index in [4.69, 9.17) is 14.4 Å². The van der Waals surface area contributed by atoms with Gasteiger partial charge in [-0.1, -0.05) is 158 Å². The second-order valence-electron chi connectivity index (χ2n) is 13.0. The van der Waals surface area contributed by atoms with Gasteiger partial charge in [0.05, 0.1) is 0 Å². The summed E-state index contributed by atoms with van der Waals surface area (Å²) in [6, 6.07) is 61.7. The first-order valence-electron chi connectivity index (χ1n) is 17.3. The molecule has 0 radical (unpaired) electrons. The molecule has 1 aliphatic heterocycles. The van der Waals surface area contributed by atoms with Gasteiger partial charge >= 0.3 is 0 Å². The van der Waals surface area contributed by atoms with Gasteiger partial charge in [0.25, 0.3) is 0 Å². The number of para-hydroxylation sites is 1. The molecule has 1 aliphatic rings. The first-order valence-corrected chi connectivity index (χ1v) is 17.3. The van der Waals surface area contributed by atoms with Crippen LogP contribution in [-0.2, 0) is 0 Å². The second-order valence-corrected chi connectivity index (χ2v) is 13.0. The number of furan rings is 1. The standard InChI is InChI=1S/C47H31N3O/c1-2-12-32(13-3-1)45-48-46(33-24-21-31(22-25-33)35-26-23-30-11-4-5-14-34(30)29-35)50-47(49-45)40-28-27-38(36-15-6-7-16-37(36)40)39-18-10-20-43-44(39)41-17-8-9-19-42(41)51-43/h1-29,47H,(H,48,49,50). The summed E-state index contributed by atoms with van der Waals surface area (Å²) in [6.07, 6.45) is -0.443. The van der Waals surface area contributed by atoms with E-state index in [1.165, 1.54) is 16.3 Å². The fraction of sp³-hybridized carbons (Fsp3) is 0.0213. The van der Waals surface area contributed by atoms with Crippen molar-refractivity contribution in [1.29, 1.82) is 0 Å². The fourth-order valence-corrected chi connectivity index (χ4v) is 7.45. The van der Waals surface area contributed by atoms with Crippen LogP contribution in [0.15, 0.2) is 190 Å². The molecule has 0 spiro atoms. The minimum atomic E-state index is -0.443. The maximum atomic E-state index is 6.26. The highest BCUT2D eigenvalue weighted by Gasteiger charge is 2.23. The van der Waals surface area contributed by atoms with Gasteiger partial charge in [-0.2, -0.15) is 0 Å². The summed E-state index contributed by atoms with van der Waals surface area (Å²) in [5, 5.41) is 10.6. The van der Waals surface area contributed by atoms with Gasteiger partial charge in [-0.25, -0.2) is 9.98 Å². The molecule has 10 rings (SSSR count). The lowest BCUT2D eigenvalue weighted by Gasteiger charge is -2.24. The van der Waals surface area contributed by atoms with Gasteiger partial charge in [-0.15, -0.1) is 0 Å². The second kappa shape index (κ2) is 12.0. The quantitative estimate of drug-likeness (QED) is 0.201. The van der Waals surface area contributed by atoms with Crippen LogP contribution in [0.2, 0.25) is 0 Å². The lowest BCUT2D eigenvalue weighted by molar-refractivity contribution is 0.669. The molecular weight excluding hydrogens is 623 g/mol. The van der Waals surface area contributed by atoms with Crippen LogP contribution in [0.3, 0.4) is 0 Å². The van der Waals surface area contributed by atoms with Crippen molar-refractivity contribution in [2.24, 2.45) is 9.98 Å². The molecule has 1 aromatic heterocycles. The maximum Gasteiger partial charge on any atom is 0.170 e. The fourth-order valence-electron chi connectivity index (χ4n) is 7.45. The Hall–Kier alpha value is -6.78. The number of nitrogens with zero attached hydrogens (tertiary/aromatic N) is 2. The van der Waals surface area contributed by atoms with Gasteiger partial charge < -0.3 is 9.73 Å². The van der Waals surface area contributed by atoms with Gasteiger partial charge in [0, 0.05) is 27.5 Å². The predicted octanol–water partition coefficient (Wildman–Crippen LogP) is 11.7. The molecule has 0 bridgehead atoms. The Balaban J connectivity index is 1.09. The third-order valence-corrected chi connectivity index (χ3v) is 9.96. The average molecular weight is 654 g/mol. The lowest BCUT2D eigenvalue weighted by atomic mass is 9.91. The molecule has 1 N–H and O–H groups in total. The van der Waals surface area contributed by atoms with E-state index in [0.29, 0.717) is 0 Å². The zero-order valence-electron chi connectivity index (χ0n) is 27.6. The number of hydrogen-bond acceptors (Lipinski definition) is 4. The monoisotopic (exact) mass is 653 g/mol. The molecule has 0 saturated carbocycles. The maximum absolute atomic E-state index is 6.26. The number of benzene rings is 8. The van der Waals surface area contributed by atoms with Crippen LogP contribution in [0.25, 0.3) is 65.7 Å². The Bertz CT molecular complexity index is 2830. The van der Waals surface area contributed by atoms with E-state index in [9.17, 15) is 0 Å². The highest BCUT2D eigenvalue weighted by atomic mass is 16.3. The smallest absolute Gasteiger partial charge is 0.170 e. The number of rotatable bonds is 5. The highest BCUT2D eigenvalue weighted by molar-refractivity contribution is 6.17. The van der Waals surface area contributed by atoms with E-state index in [0.717, 1.165) is 77.8 Å². The predicted molar refractivity (Wildman–Crippen MR) is 211 cm³/mol. The Labute approximate surface area is 295 Å². The number of amidine groups is 2. The molecule has 0 amide bonds. The lowest BCUT2D eigenvalue weighted by Crippen LogP contribution is -2.36. The van der Waals surface area contributed by atoms with E-state index in [2.05, 4.69) is 151 Å².